The van der Waals surface area contributed by atoms with Crippen LogP contribution in [0.1, 0.15) is 32.6 Å². The van der Waals surface area contributed by atoms with Gasteiger partial charge in [-0.3, -0.25) is 4.57 Å². The largest absolute Gasteiger partial charge is 0.346 e. The van der Waals surface area contributed by atoms with Crippen molar-refractivity contribution in [3.05, 3.63) is 0 Å². The summed E-state index contributed by atoms with van der Waals surface area (Å²) in [4.78, 5) is 8.83. The van der Waals surface area contributed by atoms with Crippen LogP contribution in [0.25, 0.3) is 0 Å². The van der Waals surface area contributed by atoms with E-state index in [9.17, 15) is 4.57 Å². The minimum Gasteiger partial charge on any atom is -0.346 e. The van der Waals surface area contributed by atoms with E-state index in [-0.39, 0.29) is 5.66 Å². The fourth-order valence-corrected chi connectivity index (χ4v) is 2.40. The zero-order valence-electron chi connectivity index (χ0n) is 6.34. The molecule has 1 aliphatic rings. The smallest absolute Gasteiger partial charge is 0.192 e. The Kier molecular flexibility index (Phi) is 2.94. The molecule has 60 valence electrons. The zero-order valence-corrected chi connectivity index (χ0v) is 7.34. The maximum Gasteiger partial charge on any atom is 0.192 e. The molecule has 0 heterocycles. The first kappa shape index (κ1) is 8.29. The fourth-order valence-electron chi connectivity index (χ4n) is 1.66. The van der Waals surface area contributed by atoms with Crippen LogP contribution in [0.15, 0.2) is 0 Å². The zero-order chi connectivity index (χ0) is 7.56. The Labute approximate surface area is 62.5 Å². The van der Waals surface area contributed by atoms with Crippen molar-refractivity contribution in [3.63, 3.8) is 0 Å². The van der Waals surface area contributed by atoms with Crippen LogP contribution < -0.4 is 0 Å². The monoisotopic (exact) mass is 162 g/mol. The van der Waals surface area contributed by atoms with E-state index in [1.807, 2.05) is 6.92 Å². The van der Waals surface area contributed by atoms with Gasteiger partial charge in [0.15, 0.2) is 8.03 Å². The lowest BCUT2D eigenvalue weighted by molar-refractivity contribution is 0.450. The summed E-state index contributed by atoms with van der Waals surface area (Å²) in [5, 5.41) is 0. The molecule has 1 fully saturated rings. The second-order valence-electron chi connectivity index (χ2n) is 3.17. The van der Waals surface area contributed by atoms with E-state index in [4.69, 9.17) is 4.89 Å². The molecule has 1 saturated carbocycles. The first-order valence-electron chi connectivity index (χ1n) is 3.94. The van der Waals surface area contributed by atoms with Crippen LogP contribution in [0, 0.1) is 5.92 Å². The highest BCUT2D eigenvalue weighted by Crippen LogP contribution is 2.38. The highest BCUT2D eigenvalue weighted by atomic mass is 31.1. The van der Waals surface area contributed by atoms with Crippen LogP contribution in [0.4, 0.5) is 0 Å². The molecule has 0 spiro atoms. The van der Waals surface area contributed by atoms with Crippen molar-refractivity contribution in [1.82, 2.24) is 0 Å². The van der Waals surface area contributed by atoms with Crippen molar-refractivity contribution in [3.8, 4) is 0 Å². The third-order valence-electron chi connectivity index (χ3n) is 2.50. The molecule has 0 aliphatic heterocycles. The van der Waals surface area contributed by atoms with E-state index in [0.29, 0.717) is 5.92 Å². The maximum atomic E-state index is 10.7. The summed E-state index contributed by atoms with van der Waals surface area (Å²) in [6.07, 6.45) is 4.84. The Bertz CT molecular complexity index is 130. The molecule has 1 rings (SSSR count). The summed E-state index contributed by atoms with van der Waals surface area (Å²) in [5.41, 5.74) is 0.0625. The van der Waals surface area contributed by atoms with E-state index < -0.39 is 8.03 Å². The molecule has 0 aromatic carbocycles. The van der Waals surface area contributed by atoms with Gasteiger partial charge in [0.1, 0.15) is 0 Å². The average Bonchev–Trinajstić information content (AvgIpc) is 2.36. The number of rotatable bonds is 2. The lowest BCUT2D eigenvalue weighted by atomic mass is 10.1. The molecule has 0 radical (unpaired) electrons. The second kappa shape index (κ2) is 3.54. The Hall–Kier alpha value is 0.190. The number of hydrogen-bond acceptors (Lipinski definition) is 1. The molecule has 1 N–H and O–H groups in total. The molecule has 2 atom stereocenters. The highest BCUT2D eigenvalue weighted by molar-refractivity contribution is 7.38. The van der Waals surface area contributed by atoms with Crippen molar-refractivity contribution in [2.45, 2.75) is 38.3 Å². The van der Waals surface area contributed by atoms with Crippen LogP contribution in [0.3, 0.4) is 0 Å². The fraction of sp³-hybridized carbons (Fsp3) is 1.00. The molecule has 0 aromatic rings. The Balaban J connectivity index is 2.39. The Morgan fingerprint density at radius 3 is 2.40 bits per heavy atom. The highest BCUT2D eigenvalue weighted by Gasteiger charge is 2.24. The lowest BCUT2D eigenvalue weighted by Crippen LogP contribution is -2.08. The van der Waals surface area contributed by atoms with E-state index in [1.165, 1.54) is 12.8 Å². The van der Waals surface area contributed by atoms with Gasteiger partial charge in [-0.25, -0.2) is 0 Å². The molecule has 0 aromatic heterocycles. The summed E-state index contributed by atoms with van der Waals surface area (Å²) >= 11 is 0. The topological polar surface area (TPSA) is 37.3 Å². The SMILES string of the molecule is CC(C1CCCC1)[PH](=O)O. The molecule has 10 heavy (non-hydrogen) atoms. The second-order valence-corrected chi connectivity index (χ2v) is 4.76. The van der Waals surface area contributed by atoms with Crippen LogP contribution in [0.2, 0.25) is 0 Å². The van der Waals surface area contributed by atoms with Crippen LogP contribution in [-0.4, -0.2) is 10.6 Å². The van der Waals surface area contributed by atoms with Gasteiger partial charge in [-0.05, 0) is 18.8 Å². The third kappa shape index (κ3) is 1.83. The standard InChI is InChI=1S/C7H15O2P/c1-6(10(8)9)7-4-2-3-5-7/h6-7,10H,2-5H2,1H3,(H,8,9). The van der Waals surface area contributed by atoms with Crippen molar-refractivity contribution < 1.29 is 9.46 Å². The van der Waals surface area contributed by atoms with Gasteiger partial charge in [-0.2, -0.15) is 0 Å². The Morgan fingerprint density at radius 1 is 1.50 bits per heavy atom. The van der Waals surface area contributed by atoms with Gasteiger partial charge in [0, 0.05) is 5.66 Å². The van der Waals surface area contributed by atoms with Gasteiger partial charge in [0.05, 0.1) is 0 Å². The summed E-state index contributed by atoms with van der Waals surface area (Å²) in [5.74, 6) is 0.538. The summed E-state index contributed by atoms with van der Waals surface area (Å²) in [6.45, 7) is 1.90. The molecule has 2 nitrogen and oxygen atoms in total. The van der Waals surface area contributed by atoms with Crippen molar-refractivity contribution in [2.75, 3.05) is 0 Å². The summed E-state index contributed by atoms with van der Waals surface area (Å²) in [7, 11) is -2.25. The number of hydrogen-bond donors (Lipinski definition) is 1. The predicted octanol–water partition coefficient (Wildman–Crippen LogP) is 2.03. The van der Waals surface area contributed by atoms with Gasteiger partial charge in [0.2, 0.25) is 0 Å². The van der Waals surface area contributed by atoms with Gasteiger partial charge in [-0.1, -0.05) is 19.8 Å². The third-order valence-corrected chi connectivity index (χ3v) is 3.75. The first-order chi connectivity index (χ1) is 4.72. The normalized spacial score (nSPS) is 26.6. The van der Waals surface area contributed by atoms with Crippen LogP contribution >= 0.6 is 8.03 Å². The average molecular weight is 162 g/mol. The predicted molar refractivity (Wildman–Crippen MR) is 42.6 cm³/mol. The molecule has 1 aliphatic carbocycles. The quantitative estimate of drug-likeness (QED) is 0.631. The summed E-state index contributed by atoms with van der Waals surface area (Å²) < 4.78 is 10.7. The molecule has 0 bridgehead atoms. The first-order valence-corrected chi connectivity index (χ1v) is 5.38. The van der Waals surface area contributed by atoms with Crippen LogP contribution in [0.5, 0.6) is 0 Å². The van der Waals surface area contributed by atoms with Crippen molar-refractivity contribution in [2.24, 2.45) is 5.92 Å². The van der Waals surface area contributed by atoms with Crippen molar-refractivity contribution >= 4 is 8.03 Å². The minimum absolute atomic E-state index is 0.0625. The van der Waals surface area contributed by atoms with Crippen molar-refractivity contribution in [1.29, 1.82) is 0 Å². The molecule has 3 heteroatoms. The maximum absolute atomic E-state index is 10.7. The van der Waals surface area contributed by atoms with E-state index in [0.717, 1.165) is 12.8 Å². The molecular weight excluding hydrogens is 147 g/mol. The molecule has 0 amide bonds. The minimum atomic E-state index is -2.25. The van der Waals surface area contributed by atoms with E-state index in [1.54, 1.807) is 0 Å². The van der Waals surface area contributed by atoms with E-state index in [2.05, 4.69) is 0 Å². The Morgan fingerprint density at radius 2 is 2.00 bits per heavy atom. The molecular formula is C7H15O2P. The van der Waals surface area contributed by atoms with Gasteiger partial charge in [0.25, 0.3) is 0 Å². The van der Waals surface area contributed by atoms with Crippen LogP contribution in [-0.2, 0) is 4.57 Å². The van der Waals surface area contributed by atoms with Gasteiger partial charge in [-0.15, -0.1) is 0 Å². The van der Waals surface area contributed by atoms with Gasteiger partial charge >= 0.3 is 0 Å². The van der Waals surface area contributed by atoms with Gasteiger partial charge < -0.3 is 4.89 Å². The summed E-state index contributed by atoms with van der Waals surface area (Å²) in [6, 6.07) is 0. The molecule has 0 saturated heterocycles. The van der Waals surface area contributed by atoms with E-state index >= 15 is 0 Å². The lowest BCUT2D eigenvalue weighted by Gasteiger charge is -2.14. The molecule has 2 unspecified atom stereocenters.